The van der Waals surface area contributed by atoms with Crippen molar-refractivity contribution in [3.63, 3.8) is 0 Å². The van der Waals surface area contributed by atoms with Gasteiger partial charge in [-0.05, 0) is 37.3 Å². The van der Waals surface area contributed by atoms with Crippen LogP contribution in [0.1, 0.15) is 44.1 Å². The zero-order chi connectivity index (χ0) is 16.9. The number of carbonyl (C=O) groups is 2. The molecule has 1 saturated carbocycles. The van der Waals surface area contributed by atoms with E-state index in [2.05, 4.69) is 10.3 Å². The van der Waals surface area contributed by atoms with Gasteiger partial charge in [-0.1, -0.05) is 6.42 Å². The summed E-state index contributed by atoms with van der Waals surface area (Å²) >= 11 is 0. The summed E-state index contributed by atoms with van der Waals surface area (Å²) in [4.78, 5) is 29.6. The van der Waals surface area contributed by atoms with E-state index in [-0.39, 0.29) is 23.8 Å². The Balaban J connectivity index is 1.51. The summed E-state index contributed by atoms with van der Waals surface area (Å²) in [6.07, 6.45) is 8.18. The Bertz CT molecular complexity index is 599. The highest BCUT2D eigenvalue weighted by Crippen LogP contribution is 2.22. The molecule has 6 nitrogen and oxygen atoms in total. The van der Waals surface area contributed by atoms with Gasteiger partial charge in [-0.2, -0.15) is 0 Å². The minimum atomic E-state index is -0.248. The Hall–Kier alpha value is -2.11. The second kappa shape index (κ2) is 7.64. The fraction of sp³-hybridized carbons (Fsp3) is 0.611. The molecule has 0 aromatic carbocycles. The number of likely N-dealkylation sites (tertiary alicyclic amines) is 1. The number of ether oxygens (including phenoxy) is 1. The van der Waals surface area contributed by atoms with Gasteiger partial charge in [0.05, 0.1) is 5.92 Å². The number of amides is 2. The van der Waals surface area contributed by atoms with Crippen LogP contribution < -0.4 is 10.1 Å². The van der Waals surface area contributed by atoms with Gasteiger partial charge in [0, 0.05) is 38.8 Å². The molecule has 130 valence electrons. The van der Waals surface area contributed by atoms with Crippen LogP contribution in [-0.2, 0) is 16.1 Å². The van der Waals surface area contributed by atoms with Crippen LogP contribution in [0.5, 0.6) is 5.88 Å². The number of nitrogens with zero attached hydrogens (tertiary/aromatic N) is 2. The monoisotopic (exact) mass is 331 g/mol. The number of hydrogen-bond donors (Lipinski definition) is 1. The zero-order valence-corrected chi connectivity index (χ0v) is 14.2. The maximum absolute atomic E-state index is 12.2. The van der Waals surface area contributed by atoms with Gasteiger partial charge < -0.3 is 15.0 Å². The highest BCUT2D eigenvalue weighted by atomic mass is 16.5. The minimum Gasteiger partial charge on any atom is -0.474 e. The summed E-state index contributed by atoms with van der Waals surface area (Å²) < 4.78 is 5.96. The van der Waals surface area contributed by atoms with Crippen molar-refractivity contribution in [3.8, 4) is 5.88 Å². The molecule has 1 aliphatic carbocycles. The molecule has 0 unspecified atom stereocenters. The van der Waals surface area contributed by atoms with Crippen molar-refractivity contribution < 1.29 is 14.3 Å². The normalized spacial score (nSPS) is 21.8. The molecule has 1 aromatic heterocycles. The van der Waals surface area contributed by atoms with Crippen molar-refractivity contribution in [2.24, 2.45) is 5.92 Å². The van der Waals surface area contributed by atoms with E-state index in [1.165, 1.54) is 19.3 Å². The fourth-order valence-electron chi connectivity index (χ4n) is 3.35. The van der Waals surface area contributed by atoms with Crippen molar-refractivity contribution in [1.82, 2.24) is 15.2 Å². The second-order valence-corrected chi connectivity index (χ2v) is 6.77. The summed E-state index contributed by atoms with van der Waals surface area (Å²) in [5.41, 5.74) is 0.960. The Labute approximate surface area is 142 Å². The lowest BCUT2D eigenvalue weighted by molar-refractivity contribution is -0.128. The summed E-state index contributed by atoms with van der Waals surface area (Å²) in [6, 6.07) is 3.76. The lowest BCUT2D eigenvalue weighted by Gasteiger charge is -2.22. The third-order valence-electron chi connectivity index (χ3n) is 4.82. The number of pyridine rings is 1. The second-order valence-electron chi connectivity index (χ2n) is 6.77. The van der Waals surface area contributed by atoms with Gasteiger partial charge in [-0.25, -0.2) is 4.98 Å². The first-order valence-corrected chi connectivity index (χ1v) is 8.75. The molecule has 0 bridgehead atoms. The molecule has 2 amide bonds. The summed E-state index contributed by atoms with van der Waals surface area (Å²) in [5.74, 6) is 0.341. The smallest absolute Gasteiger partial charge is 0.225 e. The number of nitrogens with one attached hydrogen (secondary N) is 1. The lowest BCUT2D eigenvalue weighted by Crippen LogP contribution is -2.31. The molecule has 2 fully saturated rings. The molecule has 1 N–H and O–H groups in total. The van der Waals surface area contributed by atoms with E-state index in [9.17, 15) is 9.59 Å². The Kier molecular flexibility index (Phi) is 5.33. The molecule has 3 rings (SSSR count). The Morgan fingerprint density at radius 2 is 2.17 bits per heavy atom. The first-order valence-electron chi connectivity index (χ1n) is 8.75. The average molecular weight is 331 g/mol. The van der Waals surface area contributed by atoms with E-state index in [4.69, 9.17) is 4.74 Å². The molecular formula is C18H25N3O3. The summed E-state index contributed by atoms with van der Waals surface area (Å²) in [7, 11) is 1.73. The van der Waals surface area contributed by atoms with Crippen LogP contribution in [0, 0.1) is 5.92 Å². The van der Waals surface area contributed by atoms with E-state index in [0.717, 1.165) is 18.4 Å². The quantitative estimate of drug-likeness (QED) is 0.894. The van der Waals surface area contributed by atoms with Gasteiger partial charge in [-0.3, -0.25) is 9.59 Å². The standard InChI is InChI=1S/C18H25N3O3/c1-21-12-14(10-17(21)22)18(23)20-11-13-7-8-19-16(9-13)24-15-5-3-2-4-6-15/h7-9,14-15H,2-6,10-12H2,1H3,(H,20,23)/t14-/m1/s1. The molecule has 2 heterocycles. The van der Waals surface area contributed by atoms with E-state index >= 15 is 0 Å². The van der Waals surface area contributed by atoms with Crippen molar-refractivity contribution in [1.29, 1.82) is 0 Å². The number of aromatic nitrogens is 1. The number of hydrogen-bond acceptors (Lipinski definition) is 4. The van der Waals surface area contributed by atoms with E-state index in [0.29, 0.717) is 25.4 Å². The third-order valence-corrected chi connectivity index (χ3v) is 4.82. The Morgan fingerprint density at radius 1 is 1.38 bits per heavy atom. The van der Waals surface area contributed by atoms with Crippen LogP contribution in [0.2, 0.25) is 0 Å². The number of rotatable bonds is 5. The maximum Gasteiger partial charge on any atom is 0.225 e. The topological polar surface area (TPSA) is 71.5 Å². The predicted molar refractivity (Wildman–Crippen MR) is 89.3 cm³/mol. The van der Waals surface area contributed by atoms with Crippen molar-refractivity contribution in [2.45, 2.75) is 51.2 Å². The van der Waals surface area contributed by atoms with E-state index < -0.39 is 0 Å². The SMILES string of the molecule is CN1C[C@H](C(=O)NCc2ccnc(OC3CCCCC3)c2)CC1=O. The van der Waals surface area contributed by atoms with E-state index in [1.807, 2.05) is 12.1 Å². The lowest BCUT2D eigenvalue weighted by atomic mass is 9.98. The summed E-state index contributed by atoms with van der Waals surface area (Å²) in [5, 5.41) is 2.91. The minimum absolute atomic E-state index is 0.0298. The molecule has 1 saturated heterocycles. The largest absolute Gasteiger partial charge is 0.474 e. The highest BCUT2D eigenvalue weighted by Gasteiger charge is 2.31. The first kappa shape index (κ1) is 16.7. The fourth-order valence-corrected chi connectivity index (χ4v) is 3.35. The molecule has 0 spiro atoms. The van der Waals surface area contributed by atoms with Gasteiger partial charge in [0.15, 0.2) is 0 Å². The van der Waals surface area contributed by atoms with Crippen LogP contribution >= 0.6 is 0 Å². The summed E-state index contributed by atoms with van der Waals surface area (Å²) in [6.45, 7) is 0.924. The maximum atomic E-state index is 12.2. The van der Waals surface area contributed by atoms with Crippen LogP contribution in [-0.4, -0.2) is 41.4 Å². The van der Waals surface area contributed by atoms with Crippen LogP contribution in [0.25, 0.3) is 0 Å². The molecule has 0 radical (unpaired) electrons. The molecule has 1 atom stereocenters. The van der Waals surface area contributed by atoms with Crippen LogP contribution in [0.3, 0.4) is 0 Å². The molecule has 1 aromatic rings. The van der Waals surface area contributed by atoms with Gasteiger partial charge in [0.25, 0.3) is 0 Å². The van der Waals surface area contributed by atoms with Crippen LogP contribution in [0.4, 0.5) is 0 Å². The van der Waals surface area contributed by atoms with Gasteiger partial charge in [-0.15, -0.1) is 0 Å². The molecule has 2 aliphatic rings. The Morgan fingerprint density at radius 3 is 2.88 bits per heavy atom. The van der Waals surface area contributed by atoms with Gasteiger partial charge >= 0.3 is 0 Å². The average Bonchev–Trinajstić information content (AvgIpc) is 2.93. The van der Waals surface area contributed by atoms with Gasteiger partial charge in [0.1, 0.15) is 6.10 Å². The molecular weight excluding hydrogens is 306 g/mol. The van der Waals surface area contributed by atoms with Crippen LogP contribution in [0.15, 0.2) is 18.3 Å². The number of carbonyl (C=O) groups excluding carboxylic acids is 2. The van der Waals surface area contributed by atoms with Gasteiger partial charge in [0.2, 0.25) is 17.7 Å². The van der Waals surface area contributed by atoms with E-state index in [1.54, 1.807) is 18.1 Å². The van der Waals surface area contributed by atoms with Crippen molar-refractivity contribution >= 4 is 11.8 Å². The third kappa shape index (κ3) is 4.24. The first-order chi connectivity index (χ1) is 11.6. The molecule has 1 aliphatic heterocycles. The highest BCUT2D eigenvalue weighted by molar-refractivity contribution is 5.89. The molecule has 24 heavy (non-hydrogen) atoms. The zero-order valence-electron chi connectivity index (χ0n) is 14.2. The van der Waals surface area contributed by atoms with Crippen molar-refractivity contribution in [3.05, 3.63) is 23.9 Å². The molecule has 6 heteroatoms. The predicted octanol–water partition coefficient (Wildman–Crippen LogP) is 1.89. The van der Waals surface area contributed by atoms with Crippen molar-refractivity contribution in [2.75, 3.05) is 13.6 Å².